The number of rotatable bonds is 4. The topological polar surface area (TPSA) is 48.1 Å². The molecule has 17 heavy (non-hydrogen) atoms. The number of thiazole rings is 1. The fraction of sp³-hybridized carbons (Fsp3) is 0.462. The van der Waals surface area contributed by atoms with E-state index in [0.717, 1.165) is 16.3 Å². The summed E-state index contributed by atoms with van der Waals surface area (Å²) in [7, 11) is 0. The molecule has 1 saturated carbocycles. The van der Waals surface area contributed by atoms with Crippen molar-refractivity contribution in [1.82, 2.24) is 4.98 Å². The molecule has 1 aromatic heterocycles. The maximum Gasteiger partial charge on any atom is 0.120 e. The average Bonchev–Trinajstić information content (AvgIpc) is 3.08. The van der Waals surface area contributed by atoms with Crippen LogP contribution in [0.1, 0.15) is 30.8 Å². The van der Waals surface area contributed by atoms with Crippen LogP contribution in [0.2, 0.25) is 0 Å². The predicted molar refractivity (Wildman–Crippen MR) is 70.4 cm³/mol. The molecule has 4 heteroatoms. The lowest BCUT2D eigenvalue weighted by molar-refractivity contribution is 0.341. The Morgan fingerprint density at radius 1 is 1.53 bits per heavy atom. The van der Waals surface area contributed by atoms with E-state index in [-0.39, 0.29) is 6.04 Å². The second kappa shape index (κ2) is 4.27. The SMILES string of the molecule is CCOc1ccc2nc(C(N)C3CC3)sc2c1. The Morgan fingerprint density at radius 3 is 3.06 bits per heavy atom. The highest BCUT2D eigenvalue weighted by molar-refractivity contribution is 7.18. The lowest BCUT2D eigenvalue weighted by Gasteiger charge is -2.03. The fourth-order valence-corrected chi connectivity index (χ4v) is 3.07. The molecule has 0 bridgehead atoms. The van der Waals surface area contributed by atoms with E-state index >= 15 is 0 Å². The Balaban J connectivity index is 1.94. The highest BCUT2D eigenvalue weighted by Gasteiger charge is 2.31. The van der Waals surface area contributed by atoms with Crippen LogP contribution in [0, 0.1) is 5.92 Å². The molecule has 1 aliphatic rings. The van der Waals surface area contributed by atoms with E-state index in [1.807, 2.05) is 19.1 Å². The molecule has 0 saturated heterocycles. The fourth-order valence-electron chi connectivity index (χ4n) is 1.98. The summed E-state index contributed by atoms with van der Waals surface area (Å²) in [4.78, 5) is 4.61. The molecule has 1 unspecified atom stereocenters. The zero-order valence-corrected chi connectivity index (χ0v) is 10.7. The second-order valence-corrected chi connectivity index (χ2v) is 5.54. The van der Waals surface area contributed by atoms with Gasteiger partial charge in [-0.05, 0) is 43.9 Å². The third-order valence-corrected chi connectivity index (χ3v) is 4.22. The minimum atomic E-state index is 0.128. The van der Waals surface area contributed by atoms with Gasteiger partial charge in [-0.15, -0.1) is 11.3 Å². The standard InChI is InChI=1S/C13H16N2OS/c1-2-16-9-5-6-10-11(7-9)17-13(15-10)12(14)8-3-4-8/h5-8,12H,2-4,14H2,1H3. The van der Waals surface area contributed by atoms with Crippen LogP contribution >= 0.6 is 11.3 Å². The Hall–Kier alpha value is -1.13. The average molecular weight is 248 g/mol. The Morgan fingerprint density at radius 2 is 2.35 bits per heavy atom. The van der Waals surface area contributed by atoms with Gasteiger partial charge in [0.2, 0.25) is 0 Å². The van der Waals surface area contributed by atoms with Gasteiger partial charge in [0.15, 0.2) is 0 Å². The normalized spacial score (nSPS) is 17.3. The molecule has 1 fully saturated rings. The van der Waals surface area contributed by atoms with Crippen LogP contribution in [0.3, 0.4) is 0 Å². The van der Waals surface area contributed by atoms with E-state index < -0.39 is 0 Å². The number of benzene rings is 1. The molecular weight excluding hydrogens is 232 g/mol. The zero-order chi connectivity index (χ0) is 11.8. The van der Waals surface area contributed by atoms with Crippen molar-refractivity contribution in [3.63, 3.8) is 0 Å². The number of nitrogens with two attached hydrogens (primary N) is 1. The molecule has 0 radical (unpaired) electrons. The summed E-state index contributed by atoms with van der Waals surface area (Å²) in [6, 6.07) is 6.17. The summed E-state index contributed by atoms with van der Waals surface area (Å²) in [6.45, 7) is 2.68. The first-order valence-corrected chi connectivity index (χ1v) is 6.88. The third kappa shape index (κ3) is 2.15. The van der Waals surface area contributed by atoms with Crippen molar-refractivity contribution >= 4 is 21.6 Å². The molecule has 1 aliphatic carbocycles. The lowest BCUT2D eigenvalue weighted by Crippen LogP contribution is -2.11. The molecule has 3 nitrogen and oxygen atoms in total. The van der Waals surface area contributed by atoms with Crippen molar-refractivity contribution in [2.24, 2.45) is 11.7 Å². The van der Waals surface area contributed by atoms with E-state index in [9.17, 15) is 0 Å². The molecule has 2 N–H and O–H groups in total. The van der Waals surface area contributed by atoms with Gasteiger partial charge in [0.1, 0.15) is 10.8 Å². The van der Waals surface area contributed by atoms with Crippen LogP contribution in [-0.2, 0) is 0 Å². The number of ether oxygens (including phenoxy) is 1. The molecule has 3 rings (SSSR count). The third-order valence-electron chi connectivity index (χ3n) is 3.10. The van der Waals surface area contributed by atoms with E-state index in [1.54, 1.807) is 11.3 Å². The lowest BCUT2D eigenvalue weighted by atomic mass is 10.2. The Bertz CT molecular complexity index is 533. The minimum Gasteiger partial charge on any atom is -0.494 e. The van der Waals surface area contributed by atoms with Crippen LogP contribution in [0.25, 0.3) is 10.2 Å². The smallest absolute Gasteiger partial charge is 0.120 e. The summed E-state index contributed by atoms with van der Waals surface area (Å²) in [5, 5.41) is 1.07. The van der Waals surface area contributed by atoms with E-state index in [2.05, 4.69) is 11.1 Å². The van der Waals surface area contributed by atoms with Gasteiger partial charge >= 0.3 is 0 Å². The van der Waals surface area contributed by atoms with Crippen molar-refractivity contribution in [3.8, 4) is 5.75 Å². The quantitative estimate of drug-likeness (QED) is 0.904. The molecule has 0 aliphatic heterocycles. The molecule has 0 spiro atoms. The van der Waals surface area contributed by atoms with Crippen molar-refractivity contribution in [2.45, 2.75) is 25.8 Å². The van der Waals surface area contributed by atoms with Gasteiger partial charge in [0.25, 0.3) is 0 Å². The van der Waals surface area contributed by atoms with Crippen LogP contribution in [0.5, 0.6) is 5.75 Å². The summed E-state index contributed by atoms with van der Waals surface area (Å²) in [6.07, 6.45) is 2.50. The first-order valence-electron chi connectivity index (χ1n) is 6.07. The van der Waals surface area contributed by atoms with E-state index in [0.29, 0.717) is 12.5 Å². The van der Waals surface area contributed by atoms with Gasteiger partial charge in [-0.1, -0.05) is 0 Å². The molecule has 0 amide bonds. The number of fused-ring (bicyclic) bond motifs is 1. The number of nitrogens with zero attached hydrogens (tertiary/aromatic N) is 1. The largest absolute Gasteiger partial charge is 0.494 e. The summed E-state index contributed by atoms with van der Waals surface area (Å²) in [5.74, 6) is 1.57. The van der Waals surface area contributed by atoms with Crippen LogP contribution in [0.4, 0.5) is 0 Å². The maximum absolute atomic E-state index is 6.18. The van der Waals surface area contributed by atoms with Gasteiger partial charge in [0.05, 0.1) is 22.9 Å². The van der Waals surface area contributed by atoms with Gasteiger partial charge in [-0.25, -0.2) is 4.98 Å². The highest BCUT2D eigenvalue weighted by atomic mass is 32.1. The maximum atomic E-state index is 6.18. The molecule has 2 aromatic rings. The van der Waals surface area contributed by atoms with Crippen molar-refractivity contribution < 1.29 is 4.74 Å². The van der Waals surface area contributed by atoms with Crippen molar-refractivity contribution in [3.05, 3.63) is 23.2 Å². The van der Waals surface area contributed by atoms with Gasteiger partial charge in [0, 0.05) is 0 Å². The summed E-state index contributed by atoms with van der Waals surface area (Å²) in [5.41, 5.74) is 7.21. The molecule has 1 atom stereocenters. The van der Waals surface area contributed by atoms with Crippen molar-refractivity contribution in [1.29, 1.82) is 0 Å². The summed E-state index contributed by atoms with van der Waals surface area (Å²) >= 11 is 1.70. The highest BCUT2D eigenvalue weighted by Crippen LogP contribution is 2.41. The van der Waals surface area contributed by atoms with Gasteiger partial charge < -0.3 is 10.5 Å². The molecular formula is C13H16N2OS. The van der Waals surface area contributed by atoms with Crippen LogP contribution < -0.4 is 10.5 Å². The number of hydrogen-bond acceptors (Lipinski definition) is 4. The van der Waals surface area contributed by atoms with Crippen LogP contribution in [0.15, 0.2) is 18.2 Å². The Labute approximate surface area is 105 Å². The monoisotopic (exact) mass is 248 g/mol. The van der Waals surface area contributed by atoms with Gasteiger partial charge in [-0.3, -0.25) is 0 Å². The molecule has 90 valence electrons. The van der Waals surface area contributed by atoms with Gasteiger partial charge in [-0.2, -0.15) is 0 Å². The number of aromatic nitrogens is 1. The van der Waals surface area contributed by atoms with E-state index in [4.69, 9.17) is 10.5 Å². The van der Waals surface area contributed by atoms with E-state index in [1.165, 1.54) is 17.5 Å². The minimum absolute atomic E-state index is 0.128. The first kappa shape index (κ1) is 11.0. The van der Waals surface area contributed by atoms with Crippen LogP contribution in [-0.4, -0.2) is 11.6 Å². The molecule has 1 aromatic carbocycles. The van der Waals surface area contributed by atoms with Crippen molar-refractivity contribution in [2.75, 3.05) is 6.61 Å². The predicted octanol–water partition coefficient (Wildman–Crippen LogP) is 3.10. The zero-order valence-electron chi connectivity index (χ0n) is 9.85. The Kier molecular flexibility index (Phi) is 2.76. The number of hydrogen-bond donors (Lipinski definition) is 1. The second-order valence-electron chi connectivity index (χ2n) is 4.48. The first-order chi connectivity index (χ1) is 8.28. The molecule has 1 heterocycles. The summed E-state index contributed by atoms with van der Waals surface area (Å²) < 4.78 is 6.66.